The average Bonchev–Trinajstić information content (AvgIpc) is 2.66. The smallest absolute Gasteiger partial charge is 0.0307 e. The monoisotopic (exact) mass is 342 g/mol. The lowest BCUT2D eigenvalue weighted by atomic mass is 10.0. The zero-order chi connectivity index (χ0) is 20.4. The molecule has 0 spiro atoms. The second kappa shape index (κ2) is 18.5. The molecule has 0 saturated heterocycles. The van der Waals surface area contributed by atoms with Gasteiger partial charge in [0, 0.05) is 0 Å². The van der Waals surface area contributed by atoms with Gasteiger partial charge in [-0.1, -0.05) is 76.6 Å². The van der Waals surface area contributed by atoms with Crippen LogP contribution in [-0.2, 0) is 6.42 Å². The number of rotatable bonds is 1. The first-order chi connectivity index (χ1) is 11.9. The normalized spacial score (nSPS) is 8.08. The van der Waals surface area contributed by atoms with Gasteiger partial charge in [-0.05, 0) is 68.9 Å². The van der Waals surface area contributed by atoms with E-state index in [2.05, 4.69) is 91.1 Å². The molecule has 142 valence electrons. The first-order valence-corrected chi connectivity index (χ1v) is 9.54. The minimum Gasteiger partial charge on any atom is -0.106 e. The Hall–Kier alpha value is -1.82. The second-order valence-corrected chi connectivity index (χ2v) is 5.36. The summed E-state index contributed by atoms with van der Waals surface area (Å²) in [4.78, 5) is 0. The van der Waals surface area contributed by atoms with E-state index in [1.807, 2.05) is 27.7 Å². The molecule has 2 aromatic carbocycles. The van der Waals surface area contributed by atoms with Gasteiger partial charge in [-0.3, -0.25) is 0 Å². The highest BCUT2D eigenvalue weighted by molar-refractivity contribution is 5.35. The van der Waals surface area contributed by atoms with Crippen molar-refractivity contribution < 1.29 is 0 Å². The van der Waals surface area contributed by atoms with Crippen molar-refractivity contribution >= 4 is 0 Å². The predicted octanol–water partition coefficient (Wildman–Crippen LogP) is 8.33. The summed E-state index contributed by atoms with van der Waals surface area (Å²) in [6.07, 6.45) is 1.14. The minimum absolute atomic E-state index is 1.14. The van der Waals surface area contributed by atoms with E-state index >= 15 is 0 Å². The summed E-state index contributed by atoms with van der Waals surface area (Å²) in [6.45, 7) is 26.9. The molecule has 2 rings (SSSR count). The zero-order valence-electron chi connectivity index (χ0n) is 18.6. The SMILES string of the molecule is C=C.CC.CC.CCc1ccc(C)cc1.Cc1cc(C)c(C)cc1C. The summed E-state index contributed by atoms with van der Waals surface area (Å²) in [6, 6.07) is 13.1. The van der Waals surface area contributed by atoms with Crippen molar-refractivity contribution in [2.45, 2.75) is 75.7 Å². The van der Waals surface area contributed by atoms with Crippen molar-refractivity contribution in [1.29, 1.82) is 0 Å². The van der Waals surface area contributed by atoms with Crippen LogP contribution in [0.15, 0.2) is 49.6 Å². The van der Waals surface area contributed by atoms with Crippen LogP contribution in [0.3, 0.4) is 0 Å². The molecule has 2 aromatic rings. The Kier molecular flexibility index (Phi) is 20.7. The van der Waals surface area contributed by atoms with Gasteiger partial charge in [0.15, 0.2) is 0 Å². The van der Waals surface area contributed by atoms with Gasteiger partial charge in [0.1, 0.15) is 0 Å². The Morgan fingerprint density at radius 2 is 0.880 bits per heavy atom. The Labute approximate surface area is 159 Å². The topological polar surface area (TPSA) is 0 Å². The van der Waals surface area contributed by atoms with Crippen molar-refractivity contribution in [1.82, 2.24) is 0 Å². The summed E-state index contributed by atoms with van der Waals surface area (Å²) in [7, 11) is 0. The lowest BCUT2D eigenvalue weighted by Gasteiger charge is -2.04. The molecule has 0 aromatic heterocycles. The van der Waals surface area contributed by atoms with Gasteiger partial charge in [0.05, 0.1) is 0 Å². The van der Waals surface area contributed by atoms with Gasteiger partial charge in [0.2, 0.25) is 0 Å². The third kappa shape index (κ3) is 13.2. The quantitative estimate of drug-likeness (QED) is 0.457. The lowest BCUT2D eigenvalue weighted by Crippen LogP contribution is -1.86. The highest BCUT2D eigenvalue weighted by Crippen LogP contribution is 2.13. The molecule has 0 nitrogen and oxygen atoms in total. The largest absolute Gasteiger partial charge is 0.106 e. The third-order valence-corrected chi connectivity index (χ3v) is 3.64. The fourth-order valence-electron chi connectivity index (χ4n) is 1.93. The highest BCUT2D eigenvalue weighted by atomic mass is 14.0. The second-order valence-electron chi connectivity index (χ2n) is 5.36. The van der Waals surface area contributed by atoms with Crippen LogP contribution in [0, 0.1) is 34.6 Å². The van der Waals surface area contributed by atoms with E-state index in [0.717, 1.165) is 6.42 Å². The van der Waals surface area contributed by atoms with Crippen LogP contribution in [0.25, 0.3) is 0 Å². The fraction of sp³-hybridized carbons (Fsp3) is 0.440. The van der Waals surface area contributed by atoms with E-state index in [1.165, 1.54) is 33.4 Å². The van der Waals surface area contributed by atoms with Crippen molar-refractivity contribution in [3.63, 3.8) is 0 Å². The van der Waals surface area contributed by atoms with E-state index in [9.17, 15) is 0 Å². The van der Waals surface area contributed by atoms with Crippen LogP contribution in [0.1, 0.15) is 68.0 Å². The summed E-state index contributed by atoms with van der Waals surface area (Å²) in [5.74, 6) is 0. The Morgan fingerprint density at radius 3 is 1.12 bits per heavy atom. The van der Waals surface area contributed by atoms with Crippen molar-refractivity contribution in [3.8, 4) is 0 Å². The van der Waals surface area contributed by atoms with Crippen LogP contribution < -0.4 is 0 Å². The first kappa shape index (κ1) is 28.0. The van der Waals surface area contributed by atoms with E-state index in [0.29, 0.717) is 0 Å². The van der Waals surface area contributed by atoms with Crippen molar-refractivity contribution in [2.75, 3.05) is 0 Å². The maximum atomic E-state index is 3.00. The number of benzene rings is 2. The molecule has 0 bridgehead atoms. The molecule has 0 N–H and O–H groups in total. The molecule has 0 fully saturated rings. The molecular weight excluding hydrogens is 300 g/mol. The van der Waals surface area contributed by atoms with Gasteiger partial charge in [-0.15, -0.1) is 13.2 Å². The number of hydrogen-bond acceptors (Lipinski definition) is 0. The molecular formula is C25H42. The van der Waals surface area contributed by atoms with E-state index in [-0.39, 0.29) is 0 Å². The van der Waals surface area contributed by atoms with Gasteiger partial charge < -0.3 is 0 Å². The summed E-state index contributed by atoms with van der Waals surface area (Å²) in [5, 5.41) is 0. The molecule has 0 amide bonds. The maximum Gasteiger partial charge on any atom is -0.0307 e. The van der Waals surface area contributed by atoms with E-state index in [4.69, 9.17) is 0 Å². The minimum atomic E-state index is 1.14. The first-order valence-electron chi connectivity index (χ1n) is 9.54. The molecule has 0 aliphatic heterocycles. The average molecular weight is 343 g/mol. The zero-order valence-corrected chi connectivity index (χ0v) is 18.6. The molecule has 0 unspecified atom stereocenters. The molecule has 0 heteroatoms. The fourth-order valence-corrected chi connectivity index (χ4v) is 1.93. The Balaban J connectivity index is -0.000000299. The molecule has 25 heavy (non-hydrogen) atoms. The molecule has 0 saturated carbocycles. The van der Waals surface area contributed by atoms with Crippen LogP contribution in [0.4, 0.5) is 0 Å². The van der Waals surface area contributed by atoms with Crippen LogP contribution in [-0.4, -0.2) is 0 Å². The summed E-state index contributed by atoms with van der Waals surface area (Å²) >= 11 is 0. The Bertz CT molecular complexity index is 482. The summed E-state index contributed by atoms with van der Waals surface area (Å²) in [5.41, 5.74) is 8.32. The standard InChI is InChI=1S/C10H14.C9H12.2C2H6.C2H4/c1-7-5-9(3)10(4)6-8(7)2;1-3-9-6-4-8(2)5-7-9;3*1-2/h5-6H,1-4H3;4-7H,3H2,1-2H3;2*1-2H3;1-2H2. The van der Waals surface area contributed by atoms with Crippen LogP contribution in [0.5, 0.6) is 0 Å². The molecule has 0 radical (unpaired) electrons. The molecule has 0 aliphatic carbocycles. The third-order valence-electron chi connectivity index (χ3n) is 3.64. The van der Waals surface area contributed by atoms with Gasteiger partial charge in [-0.25, -0.2) is 0 Å². The van der Waals surface area contributed by atoms with Crippen molar-refractivity contribution in [3.05, 3.63) is 82.9 Å². The van der Waals surface area contributed by atoms with E-state index in [1.54, 1.807) is 0 Å². The van der Waals surface area contributed by atoms with Gasteiger partial charge >= 0.3 is 0 Å². The highest BCUT2D eigenvalue weighted by Gasteiger charge is 1.95. The predicted molar refractivity (Wildman–Crippen MR) is 120 cm³/mol. The van der Waals surface area contributed by atoms with Gasteiger partial charge in [-0.2, -0.15) is 0 Å². The Morgan fingerprint density at radius 1 is 0.600 bits per heavy atom. The molecule has 0 atom stereocenters. The van der Waals surface area contributed by atoms with E-state index < -0.39 is 0 Å². The number of hydrogen-bond donors (Lipinski definition) is 0. The lowest BCUT2D eigenvalue weighted by molar-refractivity contribution is 1.14. The molecule has 0 heterocycles. The number of aryl methyl sites for hydroxylation is 6. The van der Waals surface area contributed by atoms with Crippen LogP contribution >= 0.6 is 0 Å². The molecule has 0 aliphatic rings. The van der Waals surface area contributed by atoms with Gasteiger partial charge in [0.25, 0.3) is 0 Å². The van der Waals surface area contributed by atoms with Crippen LogP contribution in [0.2, 0.25) is 0 Å². The summed E-state index contributed by atoms with van der Waals surface area (Å²) < 4.78 is 0. The van der Waals surface area contributed by atoms with Crippen molar-refractivity contribution in [2.24, 2.45) is 0 Å². The maximum absolute atomic E-state index is 3.00.